The first-order valence-corrected chi connectivity index (χ1v) is 6.68. The van der Waals surface area contributed by atoms with Gasteiger partial charge in [-0.3, -0.25) is 0 Å². The second-order valence-electron chi connectivity index (χ2n) is 4.83. The van der Waals surface area contributed by atoms with Gasteiger partial charge in [-0.25, -0.2) is 4.98 Å². The molecule has 0 amide bonds. The molecule has 1 saturated heterocycles. The van der Waals surface area contributed by atoms with Crippen LogP contribution in [0.15, 0.2) is 30.3 Å². The number of hydrogen-bond acceptors (Lipinski definition) is 5. The Bertz CT molecular complexity index is 664. The maximum Gasteiger partial charge on any atom is 0.130 e. The van der Waals surface area contributed by atoms with Gasteiger partial charge in [0.05, 0.1) is 29.9 Å². The Labute approximate surface area is 117 Å². The van der Waals surface area contributed by atoms with E-state index in [4.69, 9.17) is 10.5 Å². The Morgan fingerprint density at radius 1 is 1.45 bits per heavy atom. The molecule has 2 N–H and O–H groups in total. The summed E-state index contributed by atoms with van der Waals surface area (Å²) >= 11 is 0. The molecule has 0 radical (unpaired) electrons. The summed E-state index contributed by atoms with van der Waals surface area (Å²) in [7, 11) is 0. The van der Waals surface area contributed by atoms with E-state index in [1.54, 1.807) is 0 Å². The monoisotopic (exact) mass is 268 g/mol. The predicted octanol–water partition coefficient (Wildman–Crippen LogP) is 1.27. The lowest BCUT2D eigenvalue weighted by molar-refractivity contribution is 0.0463. The number of ether oxygens (including phenoxy) is 1. The van der Waals surface area contributed by atoms with Crippen LogP contribution in [0, 0.1) is 11.3 Å². The zero-order chi connectivity index (χ0) is 13.9. The van der Waals surface area contributed by atoms with E-state index in [0.29, 0.717) is 25.3 Å². The third-order valence-electron chi connectivity index (χ3n) is 3.55. The van der Waals surface area contributed by atoms with Gasteiger partial charge in [-0.05, 0) is 12.1 Å². The number of morpholine rings is 1. The Kier molecular flexibility index (Phi) is 3.50. The third kappa shape index (κ3) is 2.31. The maximum absolute atomic E-state index is 9.32. The highest BCUT2D eigenvalue weighted by Crippen LogP contribution is 2.23. The van der Waals surface area contributed by atoms with Crippen molar-refractivity contribution in [3.05, 3.63) is 35.9 Å². The third-order valence-corrected chi connectivity index (χ3v) is 3.55. The summed E-state index contributed by atoms with van der Waals surface area (Å²) in [6, 6.07) is 11.8. The summed E-state index contributed by atoms with van der Waals surface area (Å²) in [6.45, 7) is 2.62. The second kappa shape index (κ2) is 5.45. The number of pyridine rings is 1. The van der Waals surface area contributed by atoms with Crippen molar-refractivity contribution in [2.24, 2.45) is 5.73 Å². The van der Waals surface area contributed by atoms with Crippen LogP contribution in [0.5, 0.6) is 0 Å². The number of benzene rings is 1. The largest absolute Gasteiger partial charge is 0.373 e. The first kappa shape index (κ1) is 12.9. The molecular formula is C15H16N4O. The molecule has 5 heteroatoms. The Morgan fingerprint density at radius 2 is 2.30 bits per heavy atom. The quantitative estimate of drug-likeness (QED) is 0.887. The van der Waals surface area contributed by atoms with Crippen molar-refractivity contribution < 1.29 is 4.74 Å². The summed E-state index contributed by atoms with van der Waals surface area (Å²) in [5.41, 5.74) is 7.16. The van der Waals surface area contributed by atoms with Crippen molar-refractivity contribution in [1.29, 1.82) is 5.26 Å². The molecule has 3 rings (SSSR count). The number of para-hydroxylation sites is 1. The van der Waals surface area contributed by atoms with Gasteiger partial charge in [-0.2, -0.15) is 5.26 Å². The fourth-order valence-corrected chi connectivity index (χ4v) is 2.49. The van der Waals surface area contributed by atoms with Crippen LogP contribution in [0.4, 0.5) is 5.82 Å². The number of anilines is 1. The van der Waals surface area contributed by atoms with Crippen LogP contribution < -0.4 is 10.6 Å². The van der Waals surface area contributed by atoms with Crippen molar-refractivity contribution >= 4 is 16.7 Å². The normalized spacial score (nSPS) is 19.0. The highest BCUT2D eigenvalue weighted by atomic mass is 16.5. The highest BCUT2D eigenvalue weighted by molar-refractivity contribution is 5.86. The number of rotatable bonds is 2. The van der Waals surface area contributed by atoms with Crippen LogP contribution in [0.1, 0.15) is 5.56 Å². The molecule has 1 aromatic heterocycles. The first-order chi connectivity index (χ1) is 9.81. The lowest BCUT2D eigenvalue weighted by Gasteiger charge is -2.33. The SMILES string of the molecule is N#Cc1cc(N2CCOC(CN)C2)nc2ccccc12. The van der Waals surface area contributed by atoms with E-state index in [-0.39, 0.29) is 6.10 Å². The molecule has 1 aliphatic rings. The number of nitrogens with two attached hydrogens (primary N) is 1. The topological polar surface area (TPSA) is 75.2 Å². The number of nitriles is 1. The van der Waals surface area contributed by atoms with Gasteiger partial charge >= 0.3 is 0 Å². The fourth-order valence-electron chi connectivity index (χ4n) is 2.49. The average molecular weight is 268 g/mol. The molecule has 102 valence electrons. The van der Waals surface area contributed by atoms with Crippen molar-refractivity contribution in [3.8, 4) is 6.07 Å². The van der Waals surface area contributed by atoms with E-state index in [1.807, 2.05) is 30.3 Å². The van der Waals surface area contributed by atoms with Crippen molar-refractivity contribution in [2.75, 3.05) is 31.1 Å². The van der Waals surface area contributed by atoms with Gasteiger partial charge in [0.2, 0.25) is 0 Å². The minimum atomic E-state index is 0.0301. The number of hydrogen-bond donors (Lipinski definition) is 1. The second-order valence-corrected chi connectivity index (χ2v) is 4.83. The summed E-state index contributed by atoms with van der Waals surface area (Å²) in [5.74, 6) is 0.821. The maximum atomic E-state index is 9.32. The van der Waals surface area contributed by atoms with Crippen LogP contribution >= 0.6 is 0 Å². The lowest BCUT2D eigenvalue weighted by atomic mass is 10.1. The molecule has 1 fully saturated rings. The van der Waals surface area contributed by atoms with E-state index < -0.39 is 0 Å². The van der Waals surface area contributed by atoms with Gasteiger partial charge in [0.1, 0.15) is 5.82 Å². The molecule has 1 atom stereocenters. The molecule has 5 nitrogen and oxygen atoms in total. The van der Waals surface area contributed by atoms with Crippen LogP contribution in [-0.2, 0) is 4.74 Å². The smallest absolute Gasteiger partial charge is 0.130 e. The van der Waals surface area contributed by atoms with Gasteiger partial charge in [0.25, 0.3) is 0 Å². The Morgan fingerprint density at radius 3 is 3.10 bits per heavy atom. The van der Waals surface area contributed by atoms with E-state index in [1.165, 1.54) is 0 Å². The summed E-state index contributed by atoms with van der Waals surface area (Å²) < 4.78 is 5.56. The van der Waals surface area contributed by atoms with Crippen molar-refractivity contribution in [3.63, 3.8) is 0 Å². The van der Waals surface area contributed by atoms with E-state index >= 15 is 0 Å². The van der Waals surface area contributed by atoms with Gasteiger partial charge in [0.15, 0.2) is 0 Å². The van der Waals surface area contributed by atoms with Crippen LogP contribution in [0.3, 0.4) is 0 Å². The summed E-state index contributed by atoms with van der Waals surface area (Å²) in [4.78, 5) is 6.79. The molecule has 0 saturated carbocycles. The number of aromatic nitrogens is 1. The molecule has 0 aliphatic carbocycles. The molecule has 20 heavy (non-hydrogen) atoms. The summed E-state index contributed by atoms with van der Waals surface area (Å²) in [6.07, 6.45) is 0.0301. The molecule has 2 heterocycles. The zero-order valence-electron chi connectivity index (χ0n) is 11.1. The molecule has 1 aromatic carbocycles. The van der Waals surface area contributed by atoms with Crippen LogP contribution in [0.25, 0.3) is 10.9 Å². The van der Waals surface area contributed by atoms with Crippen molar-refractivity contribution in [2.45, 2.75) is 6.10 Å². The fraction of sp³-hybridized carbons (Fsp3) is 0.333. The van der Waals surface area contributed by atoms with Gasteiger partial charge in [0, 0.05) is 25.0 Å². The lowest BCUT2D eigenvalue weighted by Crippen LogP contribution is -2.46. The predicted molar refractivity (Wildman–Crippen MR) is 77.5 cm³/mol. The van der Waals surface area contributed by atoms with E-state index in [2.05, 4.69) is 16.0 Å². The number of fused-ring (bicyclic) bond motifs is 1. The number of nitrogens with zero attached hydrogens (tertiary/aromatic N) is 3. The van der Waals surface area contributed by atoms with E-state index in [9.17, 15) is 5.26 Å². The first-order valence-electron chi connectivity index (χ1n) is 6.68. The van der Waals surface area contributed by atoms with Gasteiger partial charge in [-0.15, -0.1) is 0 Å². The van der Waals surface area contributed by atoms with Gasteiger partial charge in [-0.1, -0.05) is 18.2 Å². The minimum Gasteiger partial charge on any atom is -0.373 e. The zero-order valence-corrected chi connectivity index (χ0v) is 11.1. The van der Waals surface area contributed by atoms with Crippen LogP contribution in [-0.4, -0.2) is 37.3 Å². The highest BCUT2D eigenvalue weighted by Gasteiger charge is 2.21. The summed E-state index contributed by atoms with van der Waals surface area (Å²) in [5, 5.41) is 10.2. The van der Waals surface area contributed by atoms with E-state index in [0.717, 1.165) is 23.3 Å². The molecule has 2 aromatic rings. The molecule has 1 unspecified atom stereocenters. The Balaban J connectivity index is 2.01. The minimum absolute atomic E-state index is 0.0301. The van der Waals surface area contributed by atoms with Gasteiger partial charge < -0.3 is 15.4 Å². The average Bonchev–Trinajstić information content (AvgIpc) is 2.53. The Hall–Kier alpha value is -2.16. The molecule has 0 bridgehead atoms. The standard InChI is InChI=1S/C15H16N4O/c16-8-11-7-15(18-14-4-2-1-3-13(11)14)19-5-6-20-12(9-17)10-19/h1-4,7,12H,5-6,9-10,17H2. The van der Waals surface area contributed by atoms with Crippen LogP contribution in [0.2, 0.25) is 0 Å². The molecule has 1 aliphatic heterocycles. The molecule has 0 spiro atoms. The van der Waals surface area contributed by atoms with Crippen molar-refractivity contribution in [1.82, 2.24) is 4.98 Å². The molecular weight excluding hydrogens is 252 g/mol.